The summed E-state index contributed by atoms with van der Waals surface area (Å²) in [6.07, 6.45) is 6.79. The molecular formula is C23H28N4NaO3S. The van der Waals surface area contributed by atoms with Crippen LogP contribution in [0.1, 0.15) is 58.1 Å². The number of thiol groups is 1. The number of carbonyl (C=O) groups excluding carboxylic acids is 1. The number of fused-ring (bicyclic) bond motifs is 3. The molecule has 7 nitrogen and oxygen atoms in total. The van der Waals surface area contributed by atoms with Gasteiger partial charge in [-0.25, -0.2) is 14.8 Å². The summed E-state index contributed by atoms with van der Waals surface area (Å²) >= 11 is 4.26. The number of rotatable bonds is 2. The predicted octanol–water partition coefficient (Wildman–Crippen LogP) is 3.91. The van der Waals surface area contributed by atoms with Gasteiger partial charge < -0.3 is 19.7 Å². The zero-order valence-electron chi connectivity index (χ0n) is 19.0. The van der Waals surface area contributed by atoms with Crippen molar-refractivity contribution in [3.05, 3.63) is 42.2 Å². The number of anilines is 1. The molecule has 3 aliphatic heterocycles. The molecule has 165 valence electrons. The first-order valence-corrected chi connectivity index (χ1v) is 11.3. The number of carbonyl (C=O) groups is 1. The molecule has 1 spiro atoms. The van der Waals surface area contributed by atoms with Gasteiger partial charge in [0.15, 0.2) is 0 Å². The number of benzene rings is 1. The van der Waals surface area contributed by atoms with E-state index in [-0.39, 0.29) is 47.7 Å². The average molecular weight is 464 g/mol. The average Bonchev–Trinajstić information content (AvgIpc) is 3.13. The Kier molecular flexibility index (Phi) is 6.44. The molecule has 32 heavy (non-hydrogen) atoms. The fourth-order valence-corrected chi connectivity index (χ4v) is 5.51. The van der Waals surface area contributed by atoms with Crippen LogP contribution in [0.15, 0.2) is 41.7 Å². The molecule has 1 aromatic carbocycles. The maximum Gasteiger partial charge on any atom is 0.408 e. The molecule has 1 aromatic heterocycles. The summed E-state index contributed by atoms with van der Waals surface area (Å²) < 4.78 is 12.2. The van der Waals surface area contributed by atoms with Crippen LogP contribution in [-0.2, 0) is 4.74 Å². The summed E-state index contributed by atoms with van der Waals surface area (Å²) in [5.41, 5.74) is -0.0450. The maximum atomic E-state index is 12.7. The first-order chi connectivity index (χ1) is 14.7. The Morgan fingerprint density at radius 3 is 2.50 bits per heavy atom. The van der Waals surface area contributed by atoms with Gasteiger partial charge in [-0.05, 0) is 39.7 Å². The molecule has 2 fully saturated rings. The van der Waals surface area contributed by atoms with Crippen molar-refractivity contribution in [1.29, 1.82) is 0 Å². The monoisotopic (exact) mass is 463 g/mol. The third kappa shape index (κ3) is 4.34. The van der Waals surface area contributed by atoms with Crippen molar-refractivity contribution < 1.29 is 14.3 Å². The Bertz CT molecular complexity index is 983. The third-order valence-corrected chi connectivity index (χ3v) is 6.63. The van der Waals surface area contributed by atoms with Crippen LogP contribution in [0.5, 0.6) is 5.75 Å². The fraction of sp³-hybridized carbons (Fsp3) is 0.522. The molecule has 1 N–H and O–H groups in total. The van der Waals surface area contributed by atoms with Gasteiger partial charge in [0.25, 0.3) is 0 Å². The number of aromatic nitrogens is 2. The number of ether oxygens (including phenoxy) is 2. The Morgan fingerprint density at radius 1 is 1.19 bits per heavy atom. The van der Waals surface area contributed by atoms with Gasteiger partial charge in [-0.15, -0.1) is 12.6 Å². The fourth-order valence-electron chi connectivity index (χ4n) is 5.39. The summed E-state index contributed by atoms with van der Waals surface area (Å²) in [6.45, 7) is 5.62. The van der Waals surface area contributed by atoms with E-state index in [1.165, 1.54) is 0 Å². The third-order valence-electron chi connectivity index (χ3n) is 6.40. The summed E-state index contributed by atoms with van der Waals surface area (Å²) in [5, 5.41) is 3.75. The molecule has 5 rings (SSSR count). The van der Waals surface area contributed by atoms with Crippen LogP contribution in [0.25, 0.3) is 0 Å². The molecule has 2 saturated heterocycles. The van der Waals surface area contributed by atoms with E-state index in [4.69, 9.17) is 9.47 Å². The van der Waals surface area contributed by atoms with Crippen molar-refractivity contribution in [3.8, 4) is 5.75 Å². The van der Waals surface area contributed by atoms with E-state index in [1.807, 2.05) is 45.0 Å². The van der Waals surface area contributed by atoms with Crippen molar-refractivity contribution in [2.45, 2.75) is 80.8 Å². The van der Waals surface area contributed by atoms with E-state index in [1.54, 1.807) is 12.4 Å². The van der Waals surface area contributed by atoms with Crippen LogP contribution in [0.2, 0.25) is 0 Å². The molecule has 1 unspecified atom stereocenters. The molecule has 1 radical (unpaired) electrons. The minimum absolute atomic E-state index is 0. The van der Waals surface area contributed by atoms with Crippen LogP contribution < -0.4 is 15.0 Å². The molecule has 0 saturated carbocycles. The number of nitrogens with zero attached hydrogens (tertiary/aromatic N) is 3. The van der Waals surface area contributed by atoms with Gasteiger partial charge in [0, 0.05) is 60.0 Å². The van der Waals surface area contributed by atoms with E-state index >= 15 is 0 Å². The van der Waals surface area contributed by atoms with Gasteiger partial charge in [-0.2, -0.15) is 0 Å². The number of piperidine rings is 1. The maximum absolute atomic E-state index is 12.7. The summed E-state index contributed by atoms with van der Waals surface area (Å²) in [5.74, 6) is 1.72. The first-order valence-electron chi connectivity index (χ1n) is 10.8. The van der Waals surface area contributed by atoms with Crippen LogP contribution >= 0.6 is 12.6 Å². The van der Waals surface area contributed by atoms with Gasteiger partial charge in [-0.3, -0.25) is 0 Å². The van der Waals surface area contributed by atoms with Gasteiger partial charge in [0.05, 0.1) is 12.4 Å². The van der Waals surface area contributed by atoms with Crippen LogP contribution in [0.3, 0.4) is 0 Å². The van der Waals surface area contributed by atoms with Crippen LogP contribution in [0.4, 0.5) is 10.6 Å². The molecule has 4 heterocycles. The molecule has 4 atom stereocenters. The topological polar surface area (TPSA) is 76.6 Å². The Hall–Kier alpha value is -1.48. The molecule has 0 aliphatic carbocycles. The number of para-hydroxylation sites is 1. The SMILES string of the molecule is CC(C)(C)OC(=O)N[C@@H]1c2ccccc2OC12C[C@H]1CC[C@@H](C2)N1c1cnc(S)cn1.[Na]. The second-order valence-corrected chi connectivity index (χ2v) is 10.2. The molecule has 2 aromatic rings. The van der Waals surface area contributed by atoms with Crippen LogP contribution in [-0.4, -0.2) is 68.9 Å². The molecule has 1 amide bonds. The predicted molar refractivity (Wildman–Crippen MR) is 125 cm³/mol. The van der Waals surface area contributed by atoms with Crippen molar-refractivity contribution in [2.75, 3.05) is 4.90 Å². The number of hydrogen-bond acceptors (Lipinski definition) is 7. The smallest absolute Gasteiger partial charge is 0.408 e. The van der Waals surface area contributed by atoms with Crippen molar-refractivity contribution in [3.63, 3.8) is 0 Å². The minimum Gasteiger partial charge on any atom is -0.484 e. The molecular weight excluding hydrogens is 435 g/mol. The summed E-state index contributed by atoms with van der Waals surface area (Å²) in [4.78, 5) is 24.0. The van der Waals surface area contributed by atoms with Crippen LogP contribution in [0, 0.1) is 0 Å². The largest absolute Gasteiger partial charge is 0.484 e. The van der Waals surface area contributed by atoms with Gasteiger partial charge in [-0.1, -0.05) is 18.2 Å². The van der Waals surface area contributed by atoms with E-state index < -0.39 is 17.3 Å². The Labute approximate surface area is 216 Å². The normalized spacial score (nSPS) is 28.0. The number of nitrogens with one attached hydrogen (secondary N) is 1. The molecule has 9 heteroatoms. The zero-order valence-corrected chi connectivity index (χ0v) is 21.9. The van der Waals surface area contributed by atoms with Crippen molar-refractivity contribution >= 4 is 54.1 Å². The number of alkyl carbamates (subject to hydrolysis) is 1. The zero-order chi connectivity index (χ0) is 21.8. The van der Waals surface area contributed by atoms with E-state index in [2.05, 4.69) is 32.8 Å². The van der Waals surface area contributed by atoms with Crippen molar-refractivity contribution in [1.82, 2.24) is 15.3 Å². The number of hydrogen-bond donors (Lipinski definition) is 2. The van der Waals surface area contributed by atoms with Gasteiger partial charge >= 0.3 is 6.09 Å². The van der Waals surface area contributed by atoms with E-state index in [0.29, 0.717) is 5.03 Å². The van der Waals surface area contributed by atoms with E-state index in [9.17, 15) is 4.79 Å². The standard InChI is InChI=1S/C23H28N4O3S.Na/c1-22(2,3)30-21(28)26-20-16-6-4-5-7-17(16)29-23(20)10-14-8-9-15(11-23)27(14)18-12-25-19(31)13-24-18;/h4-7,12-15,20H,8-11H2,1-3H3,(H,25,31)(H,26,28);/t14-,15+,20-,23?;/m1./s1. The first kappa shape index (κ1) is 23.7. The Morgan fingerprint density at radius 2 is 1.88 bits per heavy atom. The summed E-state index contributed by atoms with van der Waals surface area (Å²) in [6, 6.07) is 8.28. The van der Waals surface area contributed by atoms with Crippen molar-refractivity contribution in [2.24, 2.45) is 0 Å². The van der Waals surface area contributed by atoms with Gasteiger partial charge in [0.2, 0.25) is 0 Å². The quantitative estimate of drug-likeness (QED) is 0.520. The summed E-state index contributed by atoms with van der Waals surface area (Å²) in [7, 11) is 0. The minimum atomic E-state index is -0.559. The second kappa shape index (κ2) is 8.70. The Balaban J connectivity index is 0.00000245. The molecule has 2 bridgehead atoms. The number of amides is 1. The van der Waals surface area contributed by atoms with E-state index in [0.717, 1.165) is 42.8 Å². The second-order valence-electron chi connectivity index (χ2n) is 9.72. The van der Waals surface area contributed by atoms with Gasteiger partial charge in [0.1, 0.15) is 33.8 Å². The molecule has 3 aliphatic rings.